The van der Waals surface area contributed by atoms with E-state index in [4.69, 9.17) is 14.2 Å². The average molecular weight is 461 g/mol. The summed E-state index contributed by atoms with van der Waals surface area (Å²) in [5, 5.41) is 21.5. The van der Waals surface area contributed by atoms with Crippen molar-refractivity contribution in [3.05, 3.63) is 83.4 Å². The number of rotatable bonds is 6. The molecular formula is C26H23NO7. The van der Waals surface area contributed by atoms with Crippen molar-refractivity contribution in [1.29, 1.82) is 0 Å². The Kier molecular flexibility index (Phi) is 6.14. The molecule has 3 aromatic rings. The second kappa shape index (κ2) is 9.19. The maximum absolute atomic E-state index is 13.3. The van der Waals surface area contributed by atoms with E-state index in [2.05, 4.69) is 0 Å². The molecule has 0 radical (unpaired) electrons. The van der Waals surface area contributed by atoms with Crippen LogP contribution in [0.25, 0.3) is 5.76 Å². The van der Waals surface area contributed by atoms with Crippen molar-refractivity contribution in [2.45, 2.75) is 6.04 Å². The summed E-state index contributed by atoms with van der Waals surface area (Å²) in [5.41, 5.74) is 0.873. The zero-order valence-corrected chi connectivity index (χ0v) is 18.8. The molecule has 1 amide bonds. The SMILES string of the molecule is COc1cccc(N2C(=O)C(=O)/C(=C(/O)c3cc(OC)ccc3OC)C2c2cccc(O)c2)c1. The number of carbonyl (C=O) groups excluding carboxylic acids is 2. The number of hydrogen-bond acceptors (Lipinski definition) is 7. The summed E-state index contributed by atoms with van der Waals surface area (Å²) in [6.07, 6.45) is 0. The summed E-state index contributed by atoms with van der Waals surface area (Å²) in [4.78, 5) is 27.9. The van der Waals surface area contributed by atoms with Gasteiger partial charge >= 0.3 is 0 Å². The monoisotopic (exact) mass is 461 g/mol. The molecule has 0 saturated carbocycles. The molecule has 2 N–H and O–H groups in total. The molecule has 0 aromatic heterocycles. The van der Waals surface area contributed by atoms with Gasteiger partial charge < -0.3 is 24.4 Å². The molecule has 1 saturated heterocycles. The Bertz CT molecular complexity index is 1300. The number of phenols is 1. The number of carbonyl (C=O) groups is 2. The van der Waals surface area contributed by atoms with E-state index >= 15 is 0 Å². The van der Waals surface area contributed by atoms with Crippen LogP contribution in [-0.4, -0.2) is 43.2 Å². The van der Waals surface area contributed by atoms with Crippen LogP contribution in [0.3, 0.4) is 0 Å². The number of benzene rings is 3. The number of methoxy groups -OCH3 is 3. The van der Waals surface area contributed by atoms with E-state index in [1.165, 1.54) is 44.4 Å². The summed E-state index contributed by atoms with van der Waals surface area (Å²) in [7, 11) is 4.40. The normalized spacial score (nSPS) is 17.0. The number of ketones is 1. The van der Waals surface area contributed by atoms with Crippen LogP contribution in [0.5, 0.6) is 23.0 Å². The number of phenolic OH excluding ortho intramolecular Hbond substituents is 1. The van der Waals surface area contributed by atoms with Crippen LogP contribution in [0.4, 0.5) is 5.69 Å². The van der Waals surface area contributed by atoms with E-state index < -0.39 is 23.5 Å². The van der Waals surface area contributed by atoms with Gasteiger partial charge in [0.05, 0.1) is 38.5 Å². The first-order valence-electron chi connectivity index (χ1n) is 10.4. The van der Waals surface area contributed by atoms with Crippen LogP contribution >= 0.6 is 0 Å². The van der Waals surface area contributed by atoms with Gasteiger partial charge in [0.1, 0.15) is 28.8 Å². The number of ether oxygens (including phenoxy) is 3. The van der Waals surface area contributed by atoms with E-state index in [0.29, 0.717) is 28.5 Å². The second-order valence-electron chi connectivity index (χ2n) is 7.53. The van der Waals surface area contributed by atoms with E-state index in [0.717, 1.165) is 0 Å². The number of amides is 1. The Balaban J connectivity index is 1.99. The zero-order chi connectivity index (χ0) is 24.4. The summed E-state index contributed by atoms with van der Waals surface area (Å²) in [5.74, 6) is -0.966. The van der Waals surface area contributed by atoms with Gasteiger partial charge in [0.25, 0.3) is 11.7 Å². The summed E-state index contributed by atoms with van der Waals surface area (Å²) < 4.78 is 15.9. The lowest BCUT2D eigenvalue weighted by atomic mass is 9.94. The highest BCUT2D eigenvalue weighted by Gasteiger charge is 2.47. The average Bonchev–Trinajstić information content (AvgIpc) is 3.13. The van der Waals surface area contributed by atoms with E-state index in [-0.39, 0.29) is 16.9 Å². The van der Waals surface area contributed by atoms with Gasteiger partial charge in [-0.3, -0.25) is 14.5 Å². The molecule has 0 bridgehead atoms. The molecule has 34 heavy (non-hydrogen) atoms. The molecule has 8 nitrogen and oxygen atoms in total. The molecule has 1 heterocycles. The molecule has 1 atom stereocenters. The number of aliphatic hydroxyl groups excluding tert-OH is 1. The number of aliphatic hydroxyl groups is 1. The Labute approximate surface area is 196 Å². The van der Waals surface area contributed by atoms with Crippen molar-refractivity contribution < 1.29 is 34.0 Å². The largest absolute Gasteiger partial charge is 0.508 e. The maximum atomic E-state index is 13.3. The fourth-order valence-corrected chi connectivity index (χ4v) is 4.01. The zero-order valence-electron chi connectivity index (χ0n) is 18.8. The quantitative estimate of drug-likeness (QED) is 0.324. The lowest BCUT2D eigenvalue weighted by Gasteiger charge is -2.26. The van der Waals surface area contributed by atoms with Gasteiger partial charge in [-0.05, 0) is 48.0 Å². The fraction of sp³-hybridized carbons (Fsp3) is 0.154. The van der Waals surface area contributed by atoms with Crippen LogP contribution in [0.2, 0.25) is 0 Å². The van der Waals surface area contributed by atoms with Gasteiger partial charge in [-0.2, -0.15) is 0 Å². The van der Waals surface area contributed by atoms with Crippen LogP contribution in [0, 0.1) is 0 Å². The third-order valence-corrected chi connectivity index (χ3v) is 5.62. The molecule has 0 spiro atoms. The van der Waals surface area contributed by atoms with Crippen molar-refractivity contribution in [2.24, 2.45) is 0 Å². The third kappa shape index (κ3) is 3.90. The molecule has 8 heteroatoms. The van der Waals surface area contributed by atoms with Crippen LogP contribution in [0.15, 0.2) is 72.3 Å². The highest BCUT2D eigenvalue weighted by Crippen LogP contribution is 2.44. The molecule has 1 unspecified atom stereocenters. The molecular weight excluding hydrogens is 438 g/mol. The molecule has 3 aromatic carbocycles. The van der Waals surface area contributed by atoms with Gasteiger partial charge in [-0.25, -0.2) is 0 Å². The lowest BCUT2D eigenvalue weighted by Crippen LogP contribution is -2.29. The van der Waals surface area contributed by atoms with Crippen molar-refractivity contribution in [3.63, 3.8) is 0 Å². The number of anilines is 1. The van der Waals surface area contributed by atoms with Crippen LogP contribution in [0.1, 0.15) is 17.2 Å². The van der Waals surface area contributed by atoms with E-state index in [9.17, 15) is 19.8 Å². The fourth-order valence-electron chi connectivity index (χ4n) is 4.01. The van der Waals surface area contributed by atoms with Gasteiger partial charge in [0.2, 0.25) is 0 Å². The Morgan fingerprint density at radius 2 is 1.56 bits per heavy atom. The van der Waals surface area contributed by atoms with Gasteiger partial charge in [-0.1, -0.05) is 18.2 Å². The number of hydrogen-bond donors (Lipinski definition) is 2. The first kappa shape index (κ1) is 22.7. The maximum Gasteiger partial charge on any atom is 0.300 e. The van der Waals surface area contributed by atoms with Crippen LogP contribution in [-0.2, 0) is 9.59 Å². The molecule has 1 aliphatic heterocycles. The Morgan fingerprint density at radius 1 is 0.853 bits per heavy atom. The molecule has 1 fully saturated rings. The lowest BCUT2D eigenvalue weighted by molar-refractivity contribution is -0.132. The first-order valence-corrected chi connectivity index (χ1v) is 10.4. The topological polar surface area (TPSA) is 106 Å². The minimum Gasteiger partial charge on any atom is -0.508 e. The molecule has 174 valence electrons. The predicted octanol–water partition coefficient (Wildman–Crippen LogP) is 4.04. The second-order valence-corrected chi connectivity index (χ2v) is 7.53. The molecule has 0 aliphatic carbocycles. The van der Waals surface area contributed by atoms with Crippen molar-refractivity contribution in [2.75, 3.05) is 26.2 Å². The Morgan fingerprint density at radius 3 is 2.24 bits per heavy atom. The minimum absolute atomic E-state index is 0.0484. The number of aromatic hydroxyl groups is 1. The van der Waals surface area contributed by atoms with Crippen molar-refractivity contribution in [3.8, 4) is 23.0 Å². The summed E-state index contributed by atoms with van der Waals surface area (Å²) >= 11 is 0. The number of Topliss-reactive ketones (excluding diaryl/α,β-unsaturated/α-hetero) is 1. The van der Waals surface area contributed by atoms with Crippen LogP contribution < -0.4 is 19.1 Å². The Hall–Kier alpha value is -4.46. The van der Waals surface area contributed by atoms with Crippen molar-refractivity contribution in [1.82, 2.24) is 0 Å². The third-order valence-electron chi connectivity index (χ3n) is 5.62. The van der Waals surface area contributed by atoms with Gasteiger partial charge in [-0.15, -0.1) is 0 Å². The summed E-state index contributed by atoms with van der Waals surface area (Å²) in [6.45, 7) is 0. The molecule has 4 rings (SSSR count). The first-order chi connectivity index (χ1) is 16.4. The van der Waals surface area contributed by atoms with Gasteiger partial charge in [0.15, 0.2) is 0 Å². The van der Waals surface area contributed by atoms with E-state index in [1.807, 2.05) is 0 Å². The van der Waals surface area contributed by atoms with Crippen molar-refractivity contribution >= 4 is 23.1 Å². The molecule has 1 aliphatic rings. The van der Waals surface area contributed by atoms with Gasteiger partial charge in [0, 0.05) is 11.8 Å². The highest BCUT2D eigenvalue weighted by atomic mass is 16.5. The smallest absolute Gasteiger partial charge is 0.300 e. The highest BCUT2D eigenvalue weighted by molar-refractivity contribution is 6.51. The summed E-state index contributed by atoms with van der Waals surface area (Å²) in [6, 6.07) is 16.6. The van der Waals surface area contributed by atoms with E-state index in [1.54, 1.807) is 48.5 Å². The standard InChI is InChI=1S/C26H23NO7/c1-32-18-9-5-7-16(13-18)27-23(15-6-4-8-17(28)12-15)22(25(30)26(27)31)24(29)20-14-19(33-2)10-11-21(20)34-3/h4-14,23,28-29H,1-3H3/b24-22+. The predicted molar refractivity (Wildman–Crippen MR) is 125 cm³/mol. The number of nitrogens with zero attached hydrogens (tertiary/aromatic N) is 1. The minimum atomic E-state index is -1.02.